The number of halogens is 2. The van der Waals surface area contributed by atoms with E-state index in [4.69, 9.17) is 46.9 Å². The van der Waals surface area contributed by atoms with Crippen molar-refractivity contribution in [1.82, 2.24) is 19.9 Å². The zero-order chi connectivity index (χ0) is 23.5. The third-order valence-corrected chi connectivity index (χ3v) is 5.91. The van der Waals surface area contributed by atoms with Crippen molar-refractivity contribution in [3.8, 4) is 12.1 Å². The van der Waals surface area contributed by atoms with Gasteiger partial charge in [0.05, 0.1) is 0 Å². The second-order valence-corrected chi connectivity index (χ2v) is 7.88. The summed E-state index contributed by atoms with van der Waals surface area (Å²) in [5.41, 5.74) is 1.16. The van der Waals surface area contributed by atoms with E-state index < -0.39 is 0 Å². The van der Waals surface area contributed by atoms with E-state index in [2.05, 4.69) is 29.6 Å². The van der Waals surface area contributed by atoms with Gasteiger partial charge in [0, 0.05) is 5.75 Å². The van der Waals surface area contributed by atoms with Gasteiger partial charge in [-0.05, 0) is 23.4 Å². The van der Waals surface area contributed by atoms with Crippen molar-refractivity contribution in [3.63, 3.8) is 0 Å². The van der Waals surface area contributed by atoms with Crippen LogP contribution in [-0.2, 0) is 5.75 Å². The van der Waals surface area contributed by atoms with Crippen LogP contribution in [0.2, 0.25) is 10.3 Å². The second-order valence-electron chi connectivity index (χ2n) is 5.41. The molecule has 0 atom stereocenters. The molecule has 2 heterocycles. The maximum absolute atomic E-state index is 9.01. The van der Waals surface area contributed by atoms with Crippen LogP contribution in [0.3, 0.4) is 0 Å². The van der Waals surface area contributed by atoms with Crippen LogP contribution >= 0.6 is 46.7 Å². The fourth-order valence-electron chi connectivity index (χ4n) is 2.04. The lowest BCUT2D eigenvalue weighted by Gasteiger charge is -2.04. The van der Waals surface area contributed by atoms with E-state index in [0.717, 1.165) is 5.75 Å². The van der Waals surface area contributed by atoms with E-state index in [-0.39, 0.29) is 33.3 Å². The summed E-state index contributed by atoms with van der Waals surface area (Å²) in [6.07, 6.45) is 1.89. The molecule has 0 aliphatic carbocycles. The zero-order valence-electron chi connectivity index (χ0n) is 16.2. The number of nitrogens with zero attached hydrogens (tertiary/aromatic N) is 8. The van der Waals surface area contributed by atoms with Crippen molar-refractivity contribution in [1.29, 1.82) is 10.5 Å². The quantitative estimate of drug-likeness (QED) is 0.313. The lowest BCUT2D eigenvalue weighted by molar-refractivity contribution is 0.921. The summed E-state index contributed by atoms with van der Waals surface area (Å²) in [7, 11) is 0. The Hall–Kier alpha value is -3.38. The maximum Gasteiger partial charge on any atom is 0.307 e. The highest BCUT2D eigenvalue weighted by atomic mass is 35.5. The summed E-state index contributed by atoms with van der Waals surface area (Å²) in [5.74, 6) is 0.693. The number of rotatable bonds is 4. The molecule has 0 saturated carbocycles. The van der Waals surface area contributed by atoms with Gasteiger partial charge in [0.2, 0.25) is 5.03 Å². The van der Waals surface area contributed by atoms with E-state index in [9.17, 15) is 0 Å². The van der Waals surface area contributed by atoms with Gasteiger partial charge in [0.1, 0.15) is 12.1 Å². The SMILES string of the molecule is [C-]#[N+]c1nc(Cl)c(Cl)nc1C#N.[C-]#[N+]c1nc(SC)c(SCc2ccccc2)nc1C#N. The van der Waals surface area contributed by atoms with Crippen molar-refractivity contribution < 1.29 is 0 Å². The lowest BCUT2D eigenvalue weighted by Crippen LogP contribution is -1.94. The van der Waals surface area contributed by atoms with E-state index in [1.807, 2.05) is 42.7 Å². The topological polar surface area (TPSA) is 108 Å². The molecule has 1 aromatic carbocycles. The molecule has 0 fully saturated rings. The highest BCUT2D eigenvalue weighted by Crippen LogP contribution is 2.31. The molecule has 3 rings (SSSR count). The van der Waals surface area contributed by atoms with Crippen molar-refractivity contribution >= 4 is 58.4 Å². The molecule has 0 aliphatic heterocycles. The van der Waals surface area contributed by atoms with Crippen LogP contribution in [0.4, 0.5) is 11.6 Å². The minimum atomic E-state index is -0.132. The lowest BCUT2D eigenvalue weighted by atomic mass is 10.2. The van der Waals surface area contributed by atoms with Crippen LogP contribution in [0, 0.1) is 35.8 Å². The molecule has 8 nitrogen and oxygen atoms in total. The number of hydrogen-bond acceptors (Lipinski definition) is 8. The van der Waals surface area contributed by atoms with Gasteiger partial charge in [-0.3, -0.25) is 0 Å². The largest absolute Gasteiger partial charge is 0.358 e. The van der Waals surface area contributed by atoms with Crippen LogP contribution in [0.5, 0.6) is 0 Å². The molecule has 0 saturated heterocycles. The maximum atomic E-state index is 9.01. The zero-order valence-corrected chi connectivity index (χ0v) is 19.4. The minimum absolute atomic E-state index is 0.0679. The molecule has 0 unspecified atom stereocenters. The fraction of sp³-hybridized carbons (Fsp3) is 0.100. The fourth-order valence-corrected chi connectivity index (χ4v) is 3.94. The second kappa shape index (κ2) is 12.5. The minimum Gasteiger partial charge on any atom is -0.358 e. The molecule has 0 N–H and O–H groups in total. The van der Waals surface area contributed by atoms with Gasteiger partial charge in [-0.2, -0.15) is 10.5 Å². The Morgan fingerprint density at radius 2 is 1.44 bits per heavy atom. The van der Waals surface area contributed by atoms with Gasteiger partial charge in [-0.15, -0.1) is 9.97 Å². The molecular formula is C20H10Cl2N8S2. The molecule has 156 valence electrons. The number of nitriles is 2. The van der Waals surface area contributed by atoms with Crippen molar-refractivity contribution in [2.24, 2.45) is 0 Å². The highest BCUT2D eigenvalue weighted by molar-refractivity contribution is 8.01. The Labute approximate surface area is 202 Å². The third-order valence-electron chi connectivity index (χ3n) is 3.45. The number of thioether (sulfide) groups is 2. The van der Waals surface area contributed by atoms with Crippen molar-refractivity contribution in [2.45, 2.75) is 15.8 Å². The normalized spacial score (nSPS) is 9.34. The van der Waals surface area contributed by atoms with Crippen LogP contribution in [0.25, 0.3) is 9.69 Å². The van der Waals surface area contributed by atoms with Gasteiger partial charge in [-0.25, -0.2) is 9.97 Å². The van der Waals surface area contributed by atoms with Crippen LogP contribution < -0.4 is 0 Å². The Kier molecular flexibility index (Phi) is 9.70. The van der Waals surface area contributed by atoms with E-state index in [0.29, 0.717) is 10.1 Å². The molecule has 2 aromatic heterocycles. The first-order valence-electron chi connectivity index (χ1n) is 8.38. The number of aromatic nitrogens is 4. The summed E-state index contributed by atoms with van der Waals surface area (Å²) in [6.45, 7) is 13.6. The molecule has 0 amide bonds. The first-order valence-corrected chi connectivity index (χ1v) is 11.3. The molecule has 0 radical (unpaired) electrons. The molecule has 0 bridgehead atoms. The molecule has 0 aliphatic rings. The van der Waals surface area contributed by atoms with Gasteiger partial charge >= 0.3 is 11.6 Å². The van der Waals surface area contributed by atoms with Gasteiger partial charge in [-0.1, -0.05) is 78.6 Å². The van der Waals surface area contributed by atoms with Crippen LogP contribution in [-0.4, -0.2) is 26.2 Å². The number of benzene rings is 1. The first kappa shape index (κ1) is 24.9. The summed E-state index contributed by atoms with van der Waals surface area (Å²) < 4.78 is 0. The molecule has 3 aromatic rings. The average molecular weight is 497 g/mol. The number of hydrogen-bond donors (Lipinski definition) is 0. The van der Waals surface area contributed by atoms with Crippen LogP contribution in [0.1, 0.15) is 17.0 Å². The monoisotopic (exact) mass is 496 g/mol. The van der Waals surface area contributed by atoms with E-state index in [1.54, 1.807) is 6.07 Å². The Bertz CT molecular complexity index is 1250. The Morgan fingerprint density at radius 3 is 2.00 bits per heavy atom. The summed E-state index contributed by atoms with van der Waals surface area (Å²) in [6, 6.07) is 13.6. The van der Waals surface area contributed by atoms with Gasteiger partial charge in [0.15, 0.2) is 21.6 Å². The molecule has 12 heteroatoms. The molecular weight excluding hydrogens is 487 g/mol. The average Bonchev–Trinajstić information content (AvgIpc) is 2.84. The van der Waals surface area contributed by atoms with E-state index in [1.165, 1.54) is 29.1 Å². The molecule has 0 spiro atoms. The highest BCUT2D eigenvalue weighted by Gasteiger charge is 2.16. The molecule has 32 heavy (non-hydrogen) atoms. The standard InChI is InChI=1S/C14H10N4S2.C6Cl2N4/c1-16-12-11(8-15)17-14(13(18-12)19-2)20-9-10-6-4-3-5-7-10;1-10-6-3(2-9)11-4(7)5(8)12-6/h3-7H,9H2,2H3;. The van der Waals surface area contributed by atoms with Crippen molar-refractivity contribution in [3.05, 3.63) is 80.4 Å². The van der Waals surface area contributed by atoms with Crippen molar-refractivity contribution in [2.75, 3.05) is 6.26 Å². The summed E-state index contributed by atoms with van der Waals surface area (Å²) in [5, 5.41) is 18.7. The van der Waals surface area contributed by atoms with Crippen LogP contribution in [0.15, 0.2) is 40.4 Å². The first-order chi connectivity index (χ1) is 15.5. The van der Waals surface area contributed by atoms with E-state index >= 15 is 0 Å². The summed E-state index contributed by atoms with van der Waals surface area (Å²) >= 11 is 13.9. The smallest absolute Gasteiger partial charge is 0.307 e. The Balaban J connectivity index is 0.000000258. The third kappa shape index (κ3) is 6.56. The van der Waals surface area contributed by atoms with Gasteiger partial charge < -0.3 is 9.69 Å². The predicted octanol–water partition coefficient (Wildman–Crippen LogP) is 6.12. The Morgan fingerprint density at radius 1 is 0.875 bits per heavy atom. The predicted molar refractivity (Wildman–Crippen MR) is 124 cm³/mol. The summed E-state index contributed by atoms with van der Waals surface area (Å²) in [4.78, 5) is 21.8. The van der Waals surface area contributed by atoms with Gasteiger partial charge in [0.25, 0.3) is 5.15 Å².